The number of nitrogens with one attached hydrogen (secondary N) is 1. The molecule has 0 bridgehead atoms. The molecular formula is C15H14BrN3. The molecule has 0 fully saturated rings. The van der Waals surface area contributed by atoms with Crippen molar-refractivity contribution in [3.05, 3.63) is 58.3 Å². The molecule has 3 nitrogen and oxygen atoms in total. The van der Waals surface area contributed by atoms with E-state index in [1.807, 2.05) is 36.4 Å². The first kappa shape index (κ1) is 12.2. The van der Waals surface area contributed by atoms with Gasteiger partial charge in [0, 0.05) is 16.6 Å². The molecule has 0 saturated heterocycles. The summed E-state index contributed by atoms with van der Waals surface area (Å²) in [5, 5.41) is 0. The van der Waals surface area contributed by atoms with E-state index in [1.165, 1.54) is 5.56 Å². The summed E-state index contributed by atoms with van der Waals surface area (Å²) in [7, 11) is 0. The first-order valence-corrected chi connectivity index (χ1v) is 6.99. The van der Waals surface area contributed by atoms with Gasteiger partial charge < -0.3 is 10.7 Å². The second kappa shape index (κ2) is 5.05. The number of imidazole rings is 1. The maximum absolute atomic E-state index is 5.94. The Morgan fingerprint density at radius 1 is 1.11 bits per heavy atom. The normalized spacial score (nSPS) is 11.0. The Hall–Kier alpha value is -1.81. The summed E-state index contributed by atoms with van der Waals surface area (Å²) in [6.07, 6.45) is 1.76. The molecule has 3 N–H and O–H groups in total. The van der Waals surface area contributed by atoms with Gasteiger partial charge in [0.05, 0.1) is 11.0 Å². The maximum atomic E-state index is 5.94. The number of aryl methyl sites for hydroxylation is 2. The Morgan fingerprint density at radius 3 is 2.79 bits per heavy atom. The molecule has 3 aromatic rings. The van der Waals surface area contributed by atoms with Gasteiger partial charge >= 0.3 is 0 Å². The van der Waals surface area contributed by atoms with Crippen LogP contribution < -0.4 is 5.73 Å². The van der Waals surface area contributed by atoms with E-state index in [0.29, 0.717) is 0 Å². The van der Waals surface area contributed by atoms with Crippen molar-refractivity contribution >= 4 is 32.7 Å². The van der Waals surface area contributed by atoms with Crippen LogP contribution in [0.5, 0.6) is 0 Å². The summed E-state index contributed by atoms with van der Waals surface area (Å²) in [6.45, 7) is 0. The molecule has 0 amide bonds. The van der Waals surface area contributed by atoms with E-state index >= 15 is 0 Å². The van der Waals surface area contributed by atoms with Crippen molar-refractivity contribution in [1.82, 2.24) is 9.97 Å². The molecule has 3 rings (SSSR count). The third kappa shape index (κ3) is 2.63. The topological polar surface area (TPSA) is 54.7 Å². The number of halogens is 1. The smallest absolute Gasteiger partial charge is 0.107 e. The Kier molecular flexibility index (Phi) is 3.25. The van der Waals surface area contributed by atoms with Crippen LogP contribution in [-0.2, 0) is 12.8 Å². The number of nitrogen functional groups attached to an aromatic ring is 1. The van der Waals surface area contributed by atoms with Crippen LogP contribution in [0.3, 0.4) is 0 Å². The number of nitrogens with zero attached hydrogens (tertiary/aromatic N) is 1. The second-order valence-electron chi connectivity index (χ2n) is 4.54. The Morgan fingerprint density at radius 2 is 1.95 bits per heavy atom. The van der Waals surface area contributed by atoms with Crippen LogP contribution in [0.4, 0.5) is 5.69 Å². The molecule has 19 heavy (non-hydrogen) atoms. The summed E-state index contributed by atoms with van der Waals surface area (Å²) < 4.78 is 1.06. The zero-order valence-corrected chi connectivity index (χ0v) is 11.9. The van der Waals surface area contributed by atoms with Crippen LogP contribution >= 0.6 is 15.9 Å². The average molecular weight is 316 g/mol. The van der Waals surface area contributed by atoms with Crippen molar-refractivity contribution in [2.75, 3.05) is 5.73 Å². The van der Waals surface area contributed by atoms with Crippen molar-refractivity contribution in [2.45, 2.75) is 12.8 Å². The summed E-state index contributed by atoms with van der Waals surface area (Å²) >= 11 is 3.46. The van der Waals surface area contributed by atoms with Crippen molar-refractivity contribution in [3.8, 4) is 0 Å². The fourth-order valence-electron chi connectivity index (χ4n) is 2.17. The quantitative estimate of drug-likeness (QED) is 0.724. The SMILES string of the molecule is Nc1ccccc1CCc1nc2ccc(Br)cc2[nH]1. The van der Waals surface area contributed by atoms with Crippen LogP contribution in [0.1, 0.15) is 11.4 Å². The van der Waals surface area contributed by atoms with E-state index in [2.05, 4.69) is 32.0 Å². The predicted molar refractivity (Wildman–Crippen MR) is 82.1 cm³/mol. The van der Waals surface area contributed by atoms with E-state index in [0.717, 1.165) is 39.9 Å². The third-order valence-electron chi connectivity index (χ3n) is 3.18. The number of aromatic nitrogens is 2. The van der Waals surface area contributed by atoms with E-state index in [-0.39, 0.29) is 0 Å². The maximum Gasteiger partial charge on any atom is 0.107 e. The highest BCUT2D eigenvalue weighted by molar-refractivity contribution is 9.10. The van der Waals surface area contributed by atoms with Gasteiger partial charge in [-0.2, -0.15) is 0 Å². The number of nitrogens with two attached hydrogens (primary N) is 1. The molecule has 2 aromatic carbocycles. The number of fused-ring (bicyclic) bond motifs is 1. The van der Waals surface area contributed by atoms with Crippen LogP contribution in [0, 0.1) is 0 Å². The number of hydrogen-bond donors (Lipinski definition) is 2. The van der Waals surface area contributed by atoms with E-state index in [1.54, 1.807) is 0 Å². The number of hydrogen-bond acceptors (Lipinski definition) is 2. The Balaban J connectivity index is 1.80. The molecule has 0 aliphatic rings. The molecule has 0 aliphatic heterocycles. The zero-order chi connectivity index (χ0) is 13.2. The molecule has 0 spiro atoms. The lowest BCUT2D eigenvalue weighted by molar-refractivity contribution is 0.892. The molecule has 4 heteroatoms. The van der Waals surface area contributed by atoms with Gasteiger partial charge in [0.2, 0.25) is 0 Å². The molecule has 1 heterocycles. The van der Waals surface area contributed by atoms with Gasteiger partial charge in [-0.15, -0.1) is 0 Å². The van der Waals surface area contributed by atoms with Gasteiger partial charge in [0.1, 0.15) is 5.82 Å². The van der Waals surface area contributed by atoms with Crippen LogP contribution in [-0.4, -0.2) is 9.97 Å². The van der Waals surface area contributed by atoms with Gasteiger partial charge in [-0.05, 0) is 36.2 Å². The summed E-state index contributed by atoms with van der Waals surface area (Å²) in [4.78, 5) is 7.93. The molecule has 0 atom stereocenters. The average Bonchev–Trinajstić information content (AvgIpc) is 2.79. The molecular weight excluding hydrogens is 302 g/mol. The standard InChI is InChI=1S/C15H14BrN3/c16-11-6-7-13-14(9-11)19-15(18-13)8-5-10-3-1-2-4-12(10)17/h1-4,6-7,9H,5,8,17H2,(H,18,19). The number of aromatic amines is 1. The monoisotopic (exact) mass is 315 g/mol. The van der Waals surface area contributed by atoms with Crippen LogP contribution in [0.25, 0.3) is 11.0 Å². The van der Waals surface area contributed by atoms with Gasteiger partial charge in [-0.1, -0.05) is 34.1 Å². The first-order valence-electron chi connectivity index (χ1n) is 6.20. The van der Waals surface area contributed by atoms with Gasteiger partial charge in [-0.3, -0.25) is 0 Å². The largest absolute Gasteiger partial charge is 0.399 e. The van der Waals surface area contributed by atoms with Gasteiger partial charge in [0.15, 0.2) is 0 Å². The van der Waals surface area contributed by atoms with Crippen LogP contribution in [0.15, 0.2) is 46.9 Å². The van der Waals surface area contributed by atoms with Gasteiger partial charge in [-0.25, -0.2) is 4.98 Å². The lowest BCUT2D eigenvalue weighted by Gasteiger charge is -2.03. The molecule has 0 unspecified atom stereocenters. The van der Waals surface area contributed by atoms with E-state index in [9.17, 15) is 0 Å². The summed E-state index contributed by atoms with van der Waals surface area (Å²) in [5.74, 6) is 0.997. The zero-order valence-electron chi connectivity index (χ0n) is 10.4. The molecule has 96 valence electrons. The minimum Gasteiger partial charge on any atom is -0.399 e. The summed E-state index contributed by atoms with van der Waals surface area (Å²) in [5.41, 5.74) is 10.0. The number of benzene rings is 2. The first-order chi connectivity index (χ1) is 9.22. The fraction of sp³-hybridized carbons (Fsp3) is 0.133. The highest BCUT2D eigenvalue weighted by Crippen LogP contribution is 2.19. The van der Waals surface area contributed by atoms with Crippen molar-refractivity contribution in [2.24, 2.45) is 0 Å². The Bertz CT molecular complexity index is 718. The van der Waals surface area contributed by atoms with E-state index in [4.69, 9.17) is 5.73 Å². The molecule has 0 aliphatic carbocycles. The fourth-order valence-corrected chi connectivity index (χ4v) is 2.53. The number of rotatable bonds is 3. The van der Waals surface area contributed by atoms with Crippen molar-refractivity contribution in [3.63, 3.8) is 0 Å². The van der Waals surface area contributed by atoms with Crippen molar-refractivity contribution in [1.29, 1.82) is 0 Å². The predicted octanol–water partition coefficient (Wildman–Crippen LogP) is 3.69. The highest BCUT2D eigenvalue weighted by atomic mass is 79.9. The molecule has 1 aromatic heterocycles. The lowest BCUT2D eigenvalue weighted by atomic mass is 10.1. The number of para-hydroxylation sites is 1. The van der Waals surface area contributed by atoms with Crippen LogP contribution in [0.2, 0.25) is 0 Å². The molecule has 0 saturated carbocycles. The summed E-state index contributed by atoms with van der Waals surface area (Å²) in [6, 6.07) is 14.0. The minimum absolute atomic E-state index is 0.848. The lowest BCUT2D eigenvalue weighted by Crippen LogP contribution is -1.97. The second-order valence-corrected chi connectivity index (χ2v) is 5.46. The Labute approximate surface area is 120 Å². The third-order valence-corrected chi connectivity index (χ3v) is 3.67. The number of H-pyrrole nitrogens is 1. The molecule has 0 radical (unpaired) electrons. The highest BCUT2D eigenvalue weighted by Gasteiger charge is 2.05. The van der Waals surface area contributed by atoms with Crippen molar-refractivity contribution < 1.29 is 0 Å². The number of anilines is 1. The van der Waals surface area contributed by atoms with Gasteiger partial charge in [0.25, 0.3) is 0 Å². The van der Waals surface area contributed by atoms with E-state index < -0.39 is 0 Å². The minimum atomic E-state index is 0.848.